The Morgan fingerprint density at radius 2 is 1.60 bits per heavy atom. The Hall–Kier alpha value is -2.24. The van der Waals surface area contributed by atoms with Crippen LogP contribution in [0.1, 0.15) is 137 Å². The zero-order valence-corrected chi connectivity index (χ0v) is 32.3. The number of rotatable bonds is 19. The minimum atomic E-state index is -1.79. The van der Waals surface area contributed by atoms with Crippen LogP contribution in [-0.4, -0.2) is 75.6 Å². The lowest BCUT2D eigenvalue weighted by Crippen LogP contribution is -2.63. The number of aliphatic hydroxyl groups excluding tert-OH is 3. The first-order valence-electron chi connectivity index (χ1n) is 19.1. The van der Waals surface area contributed by atoms with Gasteiger partial charge in [-0.2, -0.15) is 0 Å². The van der Waals surface area contributed by atoms with Crippen LogP contribution in [0, 0.1) is 24.7 Å². The van der Waals surface area contributed by atoms with Crippen LogP contribution in [-0.2, 0) is 25.5 Å². The number of carbonyl (C=O) groups is 2. The van der Waals surface area contributed by atoms with Gasteiger partial charge >= 0.3 is 5.97 Å². The second-order valence-corrected chi connectivity index (χ2v) is 16.5. The number of esters is 1. The molecule has 1 amide bonds. The second kappa shape index (κ2) is 19.0. The first-order chi connectivity index (χ1) is 23.4. The second-order valence-electron chi connectivity index (χ2n) is 16.5. The third-order valence-electron chi connectivity index (χ3n) is 10.6. The summed E-state index contributed by atoms with van der Waals surface area (Å²) in [4.78, 5) is 25.8. The molecule has 286 valence electrons. The third kappa shape index (κ3) is 12.8. The fourth-order valence-corrected chi connectivity index (χ4v) is 6.95. The Morgan fingerprint density at radius 3 is 2.22 bits per heavy atom. The highest BCUT2D eigenvalue weighted by molar-refractivity contribution is 5.86. The number of aliphatic hydroxyl groups is 3. The molecule has 1 fully saturated rings. The van der Waals surface area contributed by atoms with Crippen LogP contribution >= 0.6 is 0 Å². The van der Waals surface area contributed by atoms with Crippen molar-refractivity contribution in [2.24, 2.45) is 17.8 Å². The van der Waals surface area contributed by atoms with Crippen molar-refractivity contribution in [3.63, 3.8) is 0 Å². The lowest BCUT2D eigenvalue weighted by Gasteiger charge is -2.43. The van der Waals surface area contributed by atoms with E-state index in [0.717, 1.165) is 54.4 Å². The third-order valence-corrected chi connectivity index (χ3v) is 10.6. The smallest absolute Gasteiger partial charge is 0.330 e. The molecule has 2 aliphatic heterocycles. The van der Waals surface area contributed by atoms with Gasteiger partial charge < -0.3 is 39.6 Å². The summed E-state index contributed by atoms with van der Waals surface area (Å²) in [6.45, 7) is 18.5. The van der Waals surface area contributed by atoms with Crippen LogP contribution < -0.4 is 14.8 Å². The molecule has 8 atom stereocenters. The first-order valence-corrected chi connectivity index (χ1v) is 19.1. The number of aryl methyl sites for hydroxylation is 2. The molecule has 0 bridgehead atoms. The van der Waals surface area contributed by atoms with Gasteiger partial charge in [0.2, 0.25) is 0 Å². The van der Waals surface area contributed by atoms with Gasteiger partial charge in [0.1, 0.15) is 42.0 Å². The summed E-state index contributed by atoms with van der Waals surface area (Å²) in [5.41, 5.74) is 0.883. The van der Waals surface area contributed by atoms with E-state index in [4.69, 9.17) is 18.9 Å². The van der Waals surface area contributed by atoms with Gasteiger partial charge in [0.15, 0.2) is 12.4 Å². The summed E-state index contributed by atoms with van der Waals surface area (Å²) >= 11 is 0. The monoisotopic (exact) mass is 705 g/mol. The van der Waals surface area contributed by atoms with E-state index in [1.807, 2.05) is 19.9 Å². The molecule has 0 radical (unpaired) electrons. The van der Waals surface area contributed by atoms with E-state index in [-0.39, 0.29) is 5.60 Å². The lowest BCUT2D eigenvalue weighted by atomic mass is 9.85. The molecule has 1 aromatic carbocycles. The van der Waals surface area contributed by atoms with Gasteiger partial charge in [-0.1, -0.05) is 79.6 Å². The number of carbonyl (C=O) groups excluding carboxylic acids is 2. The van der Waals surface area contributed by atoms with E-state index >= 15 is 0 Å². The number of nitrogens with one attached hydrogen (secondary N) is 1. The van der Waals surface area contributed by atoms with E-state index in [0.29, 0.717) is 18.1 Å². The maximum absolute atomic E-state index is 13.0. The lowest BCUT2D eigenvalue weighted by molar-refractivity contribution is -0.296. The van der Waals surface area contributed by atoms with Crippen LogP contribution in [0.4, 0.5) is 0 Å². The van der Waals surface area contributed by atoms with Crippen molar-refractivity contribution >= 4 is 11.9 Å². The van der Waals surface area contributed by atoms with Gasteiger partial charge in [-0.05, 0) is 101 Å². The summed E-state index contributed by atoms with van der Waals surface area (Å²) in [5.74, 6) is 2.07. The quantitative estimate of drug-likeness (QED) is 0.0931. The van der Waals surface area contributed by atoms with Crippen LogP contribution in [0.25, 0.3) is 0 Å². The predicted molar refractivity (Wildman–Crippen MR) is 194 cm³/mol. The van der Waals surface area contributed by atoms with Crippen LogP contribution in [0.2, 0.25) is 0 Å². The summed E-state index contributed by atoms with van der Waals surface area (Å²) in [6.07, 6.45) is 5.78. The highest BCUT2D eigenvalue weighted by Gasteiger charge is 2.49. The van der Waals surface area contributed by atoms with Crippen molar-refractivity contribution in [2.75, 3.05) is 6.54 Å². The van der Waals surface area contributed by atoms with Crippen molar-refractivity contribution in [3.05, 3.63) is 23.3 Å². The largest absolute Gasteiger partial charge is 0.487 e. The SMILES string of the molecule is CCC(C)(C)OC1C(C(=O)NCC(=O)Oc2cc(C)c3c(c2)CCC(C)(CCCC(C)CCCC(C)CCCC(C)C)O3)OC(O)C(O)C1O. The molecule has 8 unspecified atom stereocenters. The van der Waals surface area contributed by atoms with Gasteiger partial charge in [-0.15, -0.1) is 0 Å². The van der Waals surface area contributed by atoms with E-state index < -0.39 is 54.7 Å². The molecule has 0 aliphatic carbocycles. The molecule has 1 saturated heterocycles. The summed E-state index contributed by atoms with van der Waals surface area (Å²) in [6, 6.07) is 3.59. The van der Waals surface area contributed by atoms with E-state index in [2.05, 4.69) is 39.9 Å². The summed E-state index contributed by atoms with van der Waals surface area (Å²) in [7, 11) is 0. The van der Waals surface area contributed by atoms with E-state index in [1.165, 1.54) is 44.9 Å². The predicted octanol–water partition coefficient (Wildman–Crippen LogP) is 6.55. The van der Waals surface area contributed by atoms with Crippen molar-refractivity contribution in [1.29, 1.82) is 0 Å². The number of hydrogen-bond donors (Lipinski definition) is 4. The molecule has 10 heteroatoms. The molecule has 3 rings (SSSR count). The van der Waals surface area contributed by atoms with Gasteiger partial charge in [-0.3, -0.25) is 4.79 Å². The van der Waals surface area contributed by atoms with Crippen molar-refractivity contribution in [2.45, 2.75) is 181 Å². The van der Waals surface area contributed by atoms with Crippen molar-refractivity contribution in [3.8, 4) is 11.5 Å². The topological polar surface area (TPSA) is 144 Å². The fraction of sp³-hybridized carbons (Fsp3) is 0.800. The fourth-order valence-electron chi connectivity index (χ4n) is 6.95. The molecule has 0 saturated carbocycles. The van der Waals surface area contributed by atoms with Gasteiger partial charge in [0.25, 0.3) is 5.91 Å². The Balaban J connectivity index is 1.47. The maximum atomic E-state index is 13.0. The number of benzene rings is 1. The minimum Gasteiger partial charge on any atom is -0.487 e. The Labute approximate surface area is 301 Å². The normalized spacial score (nSPS) is 26.5. The van der Waals surface area contributed by atoms with Gasteiger partial charge in [-0.25, -0.2) is 4.79 Å². The Morgan fingerprint density at radius 1 is 0.980 bits per heavy atom. The first kappa shape index (κ1) is 42.2. The number of ether oxygens (including phenoxy) is 4. The van der Waals surface area contributed by atoms with Crippen LogP contribution in [0.15, 0.2) is 12.1 Å². The number of amides is 1. The molecular weight excluding hydrogens is 638 g/mol. The summed E-state index contributed by atoms with van der Waals surface area (Å²) < 4.78 is 23.4. The highest BCUT2D eigenvalue weighted by atomic mass is 16.7. The molecule has 2 aliphatic rings. The molecule has 0 aromatic heterocycles. The molecule has 1 aromatic rings. The van der Waals surface area contributed by atoms with Crippen molar-refractivity contribution in [1.82, 2.24) is 5.32 Å². The highest BCUT2D eigenvalue weighted by Crippen LogP contribution is 2.40. The van der Waals surface area contributed by atoms with E-state index in [1.54, 1.807) is 19.9 Å². The molecular formula is C40H67NO9. The maximum Gasteiger partial charge on any atom is 0.330 e. The zero-order chi connectivity index (χ0) is 37.2. The zero-order valence-electron chi connectivity index (χ0n) is 32.3. The Kier molecular flexibility index (Phi) is 16.0. The van der Waals surface area contributed by atoms with Gasteiger partial charge in [0.05, 0.1) is 5.60 Å². The number of hydrogen-bond acceptors (Lipinski definition) is 9. The molecule has 2 heterocycles. The standard InChI is InChI=1S/C40H67NO9/c1-10-39(7,8)49-35-32(43)33(44)38(46)48-36(35)37(45)41-24-31(42)47-30-22-28(6)34-29(23-30)19-21-40(9,50-34)20-13-18-27(5)17-12-16-26(4)15-11-14-25(2)3/h22-23,25-27,32-33,35-36,38,43-44,46H,10-21,24H2,1-9H3,(H,41,45). The van der Waals surface area contributed by atoms with Crippen LogP contribution in [0.5, 0.6) is 11.5 Å². The Bertz CT molecular complexity index is 1240. The van der Waals surface area contributed by atoms with Crippen molar-refractivity contribution < 1.29 is 43.9 Å². The minimum absolute atomic E-state index is 0.239. The van der Waals surface area contributed by atoms with E-state index in [9.17, 15) is 24.9 Å². The average molecular weight is 706 g/mol. The molecule has 0 spiro atoms. The van der Waals surface area contributed by atoms with Crippen LogP contribution in [0.3, 0.4) is 0 Å². The molecule has 4 N–H and O–H groups in total. The molecule has 50 heavy (non-hydrogen) atoms. The van der Waals surface area contributed by atoms with Gasteiger partial charge in [0, 0.05) is 0 Å². The average Bonchev–Trinajstić information content (AvgIpc) is 3.04. The molecule has 10 nitrogen and oxygen atoms in total. The summed E-state index contributed by atoms with van der Waals surface area (Å²) in [5, 5.41) is 33.2. The number of fused-ring (bicyclic) bond motifs is 1.